The number of hydrogen-bond acceptors (Lipinski definition) is 3. The van der Waals surface area contributed by atoms with Crippen LogP contribution in [0.5, 0.6) is 0 Å². The Labute approximate surface area is 48.9 Å². The Balaban J connectivity index is 3.64. The molecule has 0 amide bonds. The van der Waals surface area contributed by atoms with Gasteiger partial charge < -0.3 is 0 Å². The minimum atomic E-state index is -2.03. The Bertz CT molecular complexity index is 95.9. The molecule has 3 nitrogen and oxygen atoms in total. The molecule has 0 aromatic rings. The molecule has 0 bridgehead atoms. The highest BCUT2D eigenvalue weighted by atomic mass is 31.1. The van der Waals surface area contributed by atoms with Crippen molar-refractivity contribution in [3.05, 3.63) is 0 Å². The summed E-state index contributed by atoms with van der Waals surface area (Å²) in [4.78, 5) is 10.3. The Morgan fingerprint density at radius 3 is 2.38 bits per heavy atom. The summed E-state index contributed by atoms with van der Waals surface area (Å²) in [7, 11) is -0.772. The molecule has 0 aromatic carbocycles. The van der Waals surface area contributed by atoms with Crippen molar-refractivity contribution in [1.82, 2.24) is 0 Å². The molecular formula is C4H8O3P+. The molecule has 0 radical (unpaired) electrons. The van der Waals surface area contributed by atoms with Gasteiger partial charge in [0.25, 0.3) is 0 Å². The van der Waals surface area contributed by atoms with Crippen LogP contribution in [0.2, 0.25) is 0 Å². The fraction of sp³-hybridized carbons (Fsp3) is 0.750. The molecule has 8 heavy (non-hydrogen) atoms. The second-order valence-electron chi connectivity index (χ2n) is 1.19. The largest absolute Gasteiger partial charge is 0.587 e. The van der Waals surface area contributed by atoms with E-state index in [1.54, 1.807) is 6.92 Å². The van der Waals surface area contributed by atoms with Crippen LogP contribution in [0.15, 0.2) is 0 Å². The molecule has 0 saturated carbocycles. The lowest BCUT2D eigenvalue weighted by atomic mass is 10.6. The maximum absolute atomic E-state index is 10.3. The van der Waals surface area contributed by atoms with Gasteiger partial charge in [-0.1, -0.05) is 6.92 Å². The predicted octanol–water partition coefficient (Wildman–Crippen LogP) is 1.31. The fourth-order valence-electron chi connectivity index (χ4n) is 0.231. The molecule has 0 aromatic heterocycles. The van der Waals surface area contributed by atoms with Crippen molar-refractivity contribution in [3.8, 4) is 0 Å². The van der Waals surface area contributed by atoms with Crippen molar-refractivity contribution in [1.29, 1.82) is 0 Å². The lowest BCUT2D eigenvalue weighted by Gasteiger charge is -1.73. The van der Waals surface area contributed by atoms with Crippen molar-refractivity contribution in [2.75, 3.05) is 7.11 Å². The third-order valence-electron chi connectivity index (χ3n) is 0.672. The lowest BCUT2D eigenvalue weighted by Crippen LogP contribution is -1.86. The van der Waals surface area contributed by atoms with Crippen LogP contribution in [0.4, 0.5) is 0 Å². The van der Waals surface area contributed by atoms with Gasteiger partial charge in [-0.2, -0.15) is 0 Å². The van der Waals surface area contributed by atoms with Crippen LogP contribution >= 0.6 is 8.03 Å². The molecule has 0 fully saturated rings. The van der Waals surface area contributed by atoms with E-state index < -0.39 is 8.03 Å². The Morgan fingerprint density at radius 1 is 1.75 bits per heavy atom. The van der Waals surface area contributed by atoms with Crippen molar-refractivity contribution in [2.24, 2.45) is 0 Å². The van der Waals surface area contributed by atoms with Crippen LogP contribution in [-0.2, 0) is 13.9 Å². The first kappa shape index (κ1) is 7.73. The number of rotatable bonds is 3. The van der Waals surface area contributed by atoms with Crippen molar-refractivity contribution < 1.29 is 13.9 Å². The van der Waals surface area contributed by atoms with E-state index in [0.29, 0.717) is 0 Å². The van der Waals surface area contributed by atoms with Crippen molar-refractivity contribution in [2.45, 2.75) is 13.3 Å². The minimum absolute atomic E-state index is 0.281. The van der Waals surface area contributed by atoms with Crippen LogP contribution in [0.1, 0.15) is 13.3 Å². The predicted molar refractivity (Wildman–Crippen MR) is 29.9 cm³/mol. The standard InChI is InChI=1S/C4H8O3P/c1-3-4(5)8(6)7-2/h3H2,1-2H3/q+1. The van der Waals surface area contributed by atoms with E-state index in [2.05, 4.69) is 4.52 Å². The summed E-state index contributed by atoms with van der Waals surface area (Å²) in [5.41, 5.74) is -0.331. The average Bonchev–Trinajstić information content (AvgIpc) is 1.84. The van der Waals surface area contributed by atoms with E-state index in [1.165, 1.54) is 7.11 Å². The molecule has 0 rings (SSSR count). The molecule has 0 aliphatic carbocycles. The molecular weight excluding hydrogens is 127 g/mol. The van der Waals surface area contributed by atoms with E-state index in [9.17, 15) is 9.36 Å². The quantitative estimate of drug-likeness (QED) is 0.548. The smallest absolute Gasteiger partial charge is 0.237 e. The van der Waals surface area contributed by atoms with Gasteiger partial charge in [0.2, 0.25) is 0 Å². The van der Waals surface area contributed by atoms with Crippen LogP contribution in [-0.4, -0.2) is 12.6 Å². The monoisotopic (exact) mass is 135 g/mol. The van der Waals surface area contributed by atoms with Gasteiger partial charge in [0.05, 0.1) is 13.5 Å². The summed E-state index contributed by atoms with van der Waals surface area (Å²) in [6.07, 6.45) is 0.281. The third kappa shape index (κ3) is 2.15. The maximum Gasteiger partial charge on any atom is 0.587 e. The second kappa shape index (κ2) is 3.70. The lowest BCUT2D eigenvalue weighted by molar-refractivity contribution is -0.112. The van der Waals surface area contributed by atoms with E-state index in [1.807, 2.05) is 0 Å². The summed E-state index contributed by atoms with van der Waals surface area (Å²) in [6, 6.07) is 0. The molecule has 0 spiro atoms. The summed E-state index contributed by atoms with van der Waals surface area (Å²) >= 11 is 0. The van der Waals surface area contributed by atoms with Gasteiger partial charge in [-0.3, -0.25) is 0 Å². The number of carbonyl (C=O) groups excluding carboxylic acids is 1. The first-order valence-corrected chi connectivity index (χ1v) is 3.44. The molecule has 1 atom stereocenters. The van der Waals surface area contributed by atoms with Gasteiger partial charge in [0.15, 0.2) is 0 Å². The molecule has 0 saturated heterocycles. The normalized spacial score (nSPS) is 11.0. The van der Waals surface area contributed by atoms with Gasteiger partial charge in [0.1, 0.15) is 0 Å². The number of carbonyl (C=O) groups is 1. The maximum atomic E-state index is 10.3. The van der Waals surface area contributed by atoms with Gasteiger partial charge in [-0.15, -0.1) is 4.52 Å². The SMILES string of the molecule is CCC(=O)[P+](=O)OC. The molecule has 0 heterocycles. The molecule has 0 aliphatic rings. The van der Waals surface area contributed by atoms with Crippen LogP contribution in [0, 0.1) is 0 Å². The van der Waals surface area contributed by atoms with E-state index in [0.717, 1.165) is 0 Å². The van der Waals surface area contributed by atoms with Crippen LogP contribution in [0.3, 0.4) is 0 Å². The molecule has 0 N–H and O–H groups in total. The summed E-state index contributed by atoms with van der Waals surface area (Å²) in [6.45, 7) is 1.65. The summed E-state index contributed by atoms with van der Waals surface area (Å²) in [5, 5.41) is 0. The third-order valence-corrected chi connectivity index (χ3v) is 1.73. The molecule has 0 aliphatic heterocycles. The van der Waals surface area contributed by atoms with Crippen LogP contribution < -0.4 is 0 Å². The molecule has 1 unspecified atom stereocenters. The Kier molecular flexibility index (Phi) is 3.57. The van der Waals surface area contributed by atoms with Crippen molar-refractivity contribution >= 4 is 13.6 Å². The van der Waals surface area contributed by atoms with Gasteiger partial charge in [-0.05, 0) is 4.57 Å². The highest BCUT2D eigenvalue weighted by Gasteiger charge is 2.25. The number of hydrogen-bond donors (Lipinski definition) is 0. The summed E-state index contributed by atoms with van der Waals surface area (Å²) in [5.74, 6) is 0. The van der Waals surface area contributed by atoms with E-state index in [-0.39, 0.29) is 11.9 Å². The first-order chi connectivity index (χ1) is 3.72. The van der Waals surface area contributed by atoms with Gasteiger partial charge in [0, 0.05) is 0 Å². The zero-order chi connectivity index (χ0) is 6.57. The van der Waals surface area contributed by atoms with E-state index in [4.69, 9.17) is 0 Å². The second-order valence-corrected chi connectivity index (χ2v) is 2.57. The highest BCUT2D eigenvalue weighted by Crippen LogP contribution is 2.22. The van der Waals surface area contributed by atoms with Gasteiger partial charge >= 0.3 is 13.6 Å². The topological polar surface area (TPSA) is 43.4 Å². The minimum Gasteiger partial charge on any atom is -0.237 e. The fourth-order valence-corrected chi connectivity index (χ4v) is 0.693. The molecule has 4 heteroatoms. The zero-order valence-corrected chi connectivity index (χ0v) is 5.77. The Hall–Kier alpha value is -0.270. The zero-order valence-electron chi connectivity index (χ0n) is 4.88. The molecule has 46 valence electrons. The Morgan fingerprint density at radius 2 is 2.25 bits per heavy atom. The average molecular weight is 135 g/mol. The summed E-state index contributed by atoms with van der Waals surface area (Å²) < 4.78 is 14.6. The van der Waals surface area contributed by atoms with E-state index >= 15 is 0 Å². The van der Waals surface area contributed by atoms with Crippen molar-refractivity contribution in [3.63, 3.8) is 0 Å². The first-order valence-electron chi connectivity index (χ1n) is 2.26. The van der Waals surface area contributed by atoms with Gasteiger partial charge in [-0.25, -0.2) is 4.79 Å². The van der Waals surface area contributed by atoms with Crippen LogP contribution in [0.25, 0.3) is 0 Å². The highest BCUT2D eigenvalue weighted by molar-refractivity contribution is 7.59.